The van der Waals surface area contributed by atoms with E-state index in [-0.39, 0.29) is 0 Å². The summed E-state index contributed by atoms with van der Waals surface area (Å²) >= 11 is 0. The summed E-state index contributed by atoms with van der Waals surface area (Å²) in [6, 6.07) is 41.8. The molecular formula is C38H37N3P+. The van der Waals surface area contributed by atoms with Crippen molar-refractivity contribution in [2.75, 3.05) is 0 Å². The minimum Gasteiger partial charge on any atom is -0.0924 e. The minimum absolute atomic E-state index is 0.983. The summed E-state index contributed by atoms with van der Waals surface area (Å²) in [5.74, 6) is 0. The highest BCUT2D eigenvalue weighted by molar-refractivity contribution is 7.79. The van der Waals surface area contributed by atoms with Crippen molar-refractivity contribution in [3.63, 3.8) is 0 Å². The highest BCUT2D eigenvalue weighted by atomic mass is 31.1. The van der Waals surface area contributed by atoms with Gasteiger partial charge in [0.1, 0.15) is 5.21 Å². The van der Waals surface area contributed by atoms with Crippen LogP contribution in [0.2, 0.25) is 0 Å². The molecule has 208 valence electrons. The minimum atomic E-state index is -0.983. The Bertz CT molecular complexity index is 1790. The normalized spacial score (nSPS) is 11.3. The van der Waals surface area contributed by atoms with Gasteiger partial charge < -0.3 is 0 Å². The van der Waals surface area contributed by atoms with Crippen LogP contribution in [0.5, 0.6) is 0 Å². The van der Waals surface area contributed by atoms with Crippen LogP contribution in [0.3, 0.4) is 0 Å². The molecule has 0 aliphatic heterocycles. The van der Waals surface area contributed by atoms with Gasteiger partial charge in [-0.05, 0) is 74.4 Å². The molecule has 0 bridgehead atoms. The van der Waals surface area contributed by atoms with Crippen LogP contribution in [-0.2, 0) is 0 Å². The molecule has 0 atom stereocenters. The van der Waals surface area contributed by atoms with Gasteiger partial charge >= 0.3 is 0 Å². The molecule has 0 saturated carbocycles. The van der Waals surface area contributed by atoms with Gasteiger partial charge in [-0.25, -0.2) is 0 Å². The van der Waals surface area contributed by atoms with Gasteiger partial charge in [0.2, 0.25) is 11.1 Å². The molecule has 0 aliphatic rings. The molecule has 6 rings (SSSR count). The Hall–Kier alpha value is -4.33. The van der Waals surface area contributed by atoms with E-state index in [4.69, 9.17) is 5.21 Å². The van der Waals surface area contributed by atoms with E-state index in [1.807, 2.05) is 0 Å². The fourth-order valence-corrected chi connectivity index (χ4v) is 8.78. The van der Waals surface area contributed by atoms with E-state index >= 15 is 0 Å². The highest BCUT2D eigenvalue weighted by Gasteiger charge is 2.38. The Labute approximate surface area is 250 Å². The Morgan fingerprint density at radius 1 is 0.548 bits per heavy atom. The Morgan fingerprint density at radius 2 is 0.976 bits per heavy atom. The molecule has 1 aromatic heterocycles. The number of rotatable bonds is 6. The summed E-state index contributed by atoms with van der Waals surface area (Å²) in [6.45, 7) is 13.2. The van der Waals surface area contributed by atoms with Crippen LogP contribution in [0.4, 0.5) is 0 Å². The third kappa shape index (κ3) is 5.10. The number of aryl methyl sites for hydroxylation is 6. The maximum absolute atomic E-state index is 5.55. The summed E-state index contributed by atoms with van der Waals surface area (Å²) in [6.07, 6.45) is 0. The second-order valence-electron chi connectivity index (χ2n) is 11.3. The van der Waals surface area contributed by atoms with Crippen molar-refractivity contribution in [1.29, 1.82) is 0 Å². The number of hydrogen-bond donors (Lipinski definition) is 0. The first-order valence-corrected chi connectivity index (χ1v) is 15.8. The van der Waals surface area contributed by atoms with Gasteiger partial charge in [0.05, 0.1) is 0 Å². The summed E-state index contributed by atoms with van der Waals surface area (Å²) in [4.78, 5) is 0. The molecular weight excluding hydrogens is 529 g/mol. The topological polar surface area (TPSA) is 21.7 Å². The molecule has 0 amide bonds. The monoisotopic (exact) mass is 566 g/mol. The molecule has 5 aromatic carbocycles. The van der Waals surface area contributed by atoms with E-state index in [9.17, 15) is 0 Å². The Kier molecular flexibility index (Phi) is 7.62. The lowest BCUT2D eigenvalue weighted by Gasteiger charge is -2.18. The Morgan fingerprint density at radius 3 is 1.45 bits per heavy atom. The van der Waals surface area contributed by atoms with Crippen molar-refractivity contribution in [3.05, 3.63) is 149 Å². The molecule has 0 saturated heterocycles. The van der Waals surface area contributed by atoms with E-state index in [1.165, 1.54) is 49.4 Å². The van der Waals surface area contributed by atoms with Crippen molar-refractivity contribution in [3.8, 4) is 22.6 Å². The average Bonchev–Trinajstić information content (AvgIpc) is 3.32. The van der Waals surface area contributed by atoms with Crippen molar-refractivity contribution >= 4 is 24.0 Å². The standard InChI is InChI=1S/C38H37N3P/c1-26-22-28(3)35(29(4)23-26)40-37(32-16-10-7-11-17-32)38(41(39-40)36-30(5)24-27(2)25-31(36)6)42(33-18-12-8-13-19-33)34-20-14-9-15-21-34/h7-25H,1-6H3/q+1. The fraction of sp³-hybridized carbons (Fsp3) is 0.158. The maximum atomic E-state index is 5.55. The van der Waals surface area contributed by atoms with Gasteiger partial charge in [0.25, 0.3) is 0 Å². The smallest absolute Gasteiger partial charge is 0.0924 e. The van der Waals surface area contributed by atoms with Crippen LogP contribution in [0, 0.1) is 41.5 Å². The van der Waals surface area contributed by atoms with Gasteiger partial charge in [-0.2, -0.15) is 0 Å². The van der Waals surface area contributed by atoms with E-state index < -0.39 is 7.92 Å². The number of nitrogens with zero attached hydrogens (tertiary/aromatic N) is 3. The van der Waals surface area contributed by atoms with Gasteiger partial charge in [0.15, 0.2) is 11.4 Å². The quantitative estimate of drug-likeness (QED) is 0.152. The largest absolute Gasteiger partial charge is 0.213 e. The zero-order chi connectivity index (χ0) is 29.4. The van der Waals surface area contributed by atoms with Crippen molar-refractivity contribution < 1.29 is 4.68 Å². The average molecular weight is 567 g/mol. The molecule has 0 radical (unpaired) electrons. The van der Waals surface area contributed by atoms with E-state index in [0.717, 1.165) is 22.6 Å². The first kappa shape index (κ1) is 27.8. The van der Waals surface area contributed by atoms with Gasteiger partial charge in [-0.1, -0.05) is 136 Å². The van der Waals surface area contributed by atoms with E-state index in [2.05, 4.69) is 166 Å². The zero-order valence-corrected chi connectivity index (χ0v) is 26.2. The molecule has 0 unspecified atom stereocenters. The van der Waals surface area contributed by atoms with Crippen LogP contribution < -0.4 is 20.7 Å². The van der Waals surface area contributed by atoms with Crippen LogP contribution >= 0.6 is 7.92 Å². The molecule has 0 aliphatic carbocycles. The second kappa shape index (κ2) is 11.5. The molecule has 0 fully saturated rings. The first-order chi connectivity index (χ1) is 20.3. The third-order valence-corrected chi connectivity index (χ3v) is 10.2. The predicted molar refractivity (Wildman–Crippen MR) is 178 cm³/mol. The summed E-state index contributed by atoms with van der Waals surface area (Å²) in [5.41, 5.74) is 13.2. The molecule has 4 heteroatoms. The van der Waals surface area contributed by atoms with Crippen molar-refractivity contribution in [1.82, 2.24) is 9.90 Å². The Balaban J connectivity index is 1.83. The van der Waals surface area contributed by atoms with Gasteiger partial charge in [-0.15, -0.1) is 0 Å². The first-order valence-electron chi connectivity index (χ1n) is 14.5. The predicted octanol–water partition coefficient (Wildman–Crippen LogP) is 7.42. The van der Waals surface area contributed by atoms with Crippen LogP contribution in [-0.4, -0.2) is 9.90 Å². The molecule has 42 heavy (non-hydrogen) atoms. The second-order valence-corrected chi connectivity index (χ2v) is 13.4. The van der Waals surface area contributed by atoms with Crippen LogP contribution in [0.1, 0.15) is 33.4 Å². The van der Waals surface area contributed by atoms with Gasteiger partial charge in [0, 0.05) is 13.5 Å². The summed E-state index contributed by atoms with van der Waals surface area (Å²) < 4.78 is 4.48. The summed E-state index contributed by atoms with van der Waals surface area (Å²) in [5, 5.41) is 8.14. The summed E-state index contributed by atoms with van der Waals surface area (Å²) in [7, 11) is -0.983. The number of hydrogen-bond acceptors (Lipinski definition) is 1. The molecule has 0 spiro atoms. The third-order valence-electron chi connectivity index (χ3n) is 7.79. The molecule has 1 heterocycles. The molecule has 0 N–H and O–H groups in total. The fourth-order valence-electron chi connectivity index (χ4n) is 6.29. The van der Waals surface area contributed by atoms with Gasteiger partial charge in [-0.3, -0.25) is 0 Å². The SMILES string of the molecule is Cc1cc(C)c(-n2n[n+](-c3c(C)cc(C)cc3C)c(P(c3ccccc3)c3ccccc3)c2-c2ccccc2)c(C)c1. The van der Waals surface area contributed by atoms with Crippen molar-refractivity contribution in [2.24, 2.45) is 0 Å². The van der Waals surface area contributed by atoms with Crippen LogP contribution in [0.25, 0.3) is 22.6 Å². The number of aromatic nitrogens is 3. The number of benzene rings is 5. The van der Waals surface area contributed by atoms with E-state index in [0.29, 0.717) is 0 Å². The molecule has 3 nitrogen and oxygen atoms in total. The van der Waals surface area contributed by atoms with Crippen LogP contribution in [0.15, 0.2) is 115 Å². The molecule has 6 aromatic rings. The van der Waals surface area contributed by atoms with Crippen molar-refractivity contribution in [2.45, 2.75) is 41.5 Å². The van der Waals surface area contributed by atoms with E-state index in [1.54, 1.807) is 0 Å². The lowest BCUT2D eigenvalue weighted by molar-refractivity contribution is -0.644. The lowest BCUT2D eigenvalue weighted by Crippen LogP contribution is -2.50. The highest BCUT2D eigenvalue weighted by Crippen LogP contribution is 2.38. The lowest BCUT2D eigenvalue weighted by atomic mass is 10.0. The zero-order valence-electron chi connectivity index (χ0n) is 25.3. The maximum Gasteiger partial charge on any atom is 0.213 e.